The van der Waals surface area contributed by atoms with Gasteiger partial charge in [-0.3, -0.25) is 4.79 Å². The van der Waals surface area contributed by atoms with E-state index in [0.717, 1.165) is 26.8 Å². The summed E-state index contributed by atoms with van der Waals surface area (Å²) in [6.07, 6.45) is 0.680. The van der Waals surface area contributed by atoms with Crippen LogP contribution in [-0.2, 0) is 11.2 Å². The molecule has 0 saturated carbocycles. The third-order valence-corrected chi connectivity index (χ3v) is 5.50. The van der Waals surface area contributed by atoms with Crippen LogP contribution in [0.2, 0.25) is 0 Å². The number of anilines is 1. The van der Waals surface area contributed by atoms with Crippen molar-refractivity contribution < 1.29 is 9.32 Å². The lowest BCUT2D eigenvalue weighted by Crippen LogP contribution is -2.12. The topological polar surface area (TPSA) is 80.9 Å². The van der Waals surface area contributed by atoms with Crippen molar-refractivity contribution in [3.05, 3.63) is 58.1 Å². The number of aryl methyl sites for hydroxylation is 2. The number of carbonyl (C=O) groups excluding carboxylic acids is 1. The quantitative estimate of drug-likeness (QED) is 0.506. The van der Waals surface area contributed by atoms with Gasteiger partial charge < -0.3 is 9.84 Å². The first-order valence-electron chi connectivity index (χ1n) is 8.36. The van der Waals surface area contributed by atoms with Gasteiger partial charge in [0.15, 0.2) is 0 Å². The molecule has 1 N–H and O–H groups in total. The van der Waals surface area contributed by atoms with Gasteiger partial charge in [0, 0.05) is 29.5 Å². The zero-order valence-electron chi connectivity index (χ0n) is 14.5. The van der Waals surface area contributed by atoms with Gasteiger partial charge in [-0.2, -0.15) is 4.98 Å². The van der Waals surface area contributed by atoms with Gasteiger partial charge in [0.2, 0.25) is 17.6 Å². The van der Waals surface area contributed by atoms with E-state index < -0.39 is 0 Å². The molecule has 0 spiro atoms. The minimum Gasteiger partial charge on any atom is -0.339 e. The lowest BCUT2D eigenvalue weighted by atomic mass is 10.1. The van der Waals surface area contributed by atoms with Crippen LogP contribution >= 0.6 is 22.7 Å². The Morgan fingerprint density at radius 2 is 2.00 bits per heavy atom. The maximum absolute atomic E-state index is 12.2. The molecule has 8 heteroatoms. The molecule has 4 aromatic rings. The summed E-state index contributed by atoms with van der Waals surface area (Å²) in [5, 5.41) is 11.9. The van der Waals surface area contributed by atoms with Crippen molar-refractivity contribution in [2.24, 2.45) is 0 Å². The number of amides is 1. The molecule has 0 aliphatic rings. The molecule has 136 valence electrons. The van der Waals surface area contributed by atoms with E-state index in [-0.39, 0.29) is 12.3 Å². The molecule has 0 unspecified atom stereocenters. The molecule has 1 aromatic carbocycles. The second-order valence-corrected chi connectivity index (χ2v) is 7.88. The zero-order chi connectivity index (χ0) is 18.6. The molecule has 0 aliphatic carbocycles. The van der Waals surface area contributed by atoms with E-state index in [0.29, 0.717) is 18.1 Å². The Balaban J connectivity index is 1.31. The molecule has 3 aromatic heterocycles. The number of nitrogens with one attached hydrogen (secondary N) is 1. The van der Waals surface area contributed by atoms with Crippen LogP contribution in [0.5, 0.6) is 0 Å². The van der Waals surface area contributed by atoms with Crippen LogP contribution in [0.25, 0.3) is 22.0 Å². The second kappa shape index (κ2) is 7.81. The fourth-order valence-corrected chi connectivity index (χ4v) is 3.80. The summed E-state index contributed by atoms with van der Waals surface area (Å²) in [6.45, 7) is 1.98. The predicted molar refractivity (Wildman–Crippen MR) is 107 cm³/mol. The van der Waals surface area contributed by atoms with E-state index in [9.17, 15) is 4.79 Å². The monoisotopic (exact) mass is 396 g/mol. The highest BCUT2D eigenvalue weighted by Crippen LogP contribution is 2.23. The van der Waals surface area contributed by atoms with Crippen LogP contribution in [0.3, 0.4) is 0 Å². The molecule has 0 saturated heterocycles. The molecule has 27 heavy (non-hydrogen) atoms. The number of hydrogen-bond acceptors (Lipinski definition) is 7. The van der Waals surface area contributed by atoms with E-state index in [1.807, 2.05) is 54.1 Å². The summed E-state index contributed by atoms with van der Waals surface area (Å²) < 4.78 is 5.22. The maximum atomic E-state index is 12.2. The third kappa shape index (κ3) is 4.29. The van der Waals surface area contributed by atoms with Gasteiger partial charge in [-0.05, 0) is 30.5 Å². The van der Waals surface area contributed by atoms with Gasteiger partial charge in [-0.1, -0.05) is 23.4 Å². The molecule has 4 rings (SSSR count). The number of nitrogens with zero attached hydrogens (tertiary/aromatic N) is 3. The minimum atomic E-state index is -0.0943. The van der Waals surface area contributed by atoms with Crippen LogP contribution in [0.4, 0.5) is 5.69 Å². The van der Waals surface area contributed by atoms with E-state index in [1.54, 1.807) is 22.7 Å². The molecule has 0 aliphatic heterocycles. The Kier molecular flexibility index (Phi) is 5.08. The van der Waals surface area contributed by atoms with Crippen molar-refractivity contribution in [3.8, 4) is 22.0 Å². The highest BCUT2D eigenvalue weighted by Gasteiger charge is 2.11. The van der Waals surface area contributed by atoms with Gasteiger partial charge >= 0.3 is 0 Å². The van der Waals surface area contributed by atoms with Crippen LogP contribution in [0.1, 0.15) is 17.3 Å². The number of rotatable bonds is 6. The van der Waals surface area contributed by atoms with Crippen LogP contribution < -0.4 is 5.32 Å². The number of hydrogen-bond donors (Lipinski definition) is 1. The van der Waals surface area contributed by atoms with Gasteiger partial charge in [0.1, 0.15) is 0 Å². The highest BCUT2D eigenvalue weighted by molar-refractivity contribution is 7.13. The number of benzene rings is 1. The average Bonchev–Trinajstić information content (AvgIpc) is 3.42. The summed E-state index contributed by atoms with van der Waals surface area (Å²) >= 11 is 3.17. The zero-order valence-corrected chi connectivity index (χ0v) is 16.1. The second-order valence-electron chi connectivity index (χ2n) is 5.87. The van der Waals surface area contributed by atoms with Gasteiger partial charge in [-0.25, -0.2) is 4.98 Å². The van der Waals surface area contributed by atoms with Crippen molar-refractivity contribution >= 4 is 34.3 Å². The normalized spacial score (nSPS) is 10.9. The van der Waals surface area contributed by atoms with Crippen molar-refractivity contribution in [2.75, 3.05) is 5.32 Å². The number of thiazole rings is 1. The summed E-state index contributed by atoms with van der Waals surface area (Å²) in [7, 11) is 0. The summed E-state index contributed by atoms with van der Waals surface area (Å²) in [4.78, 5) is 21.9. The summed E-state index contributed by atoms with van der Waals surface area (Å²) in [5.74, 6) is 0.930. The van der Waals surface area contributed by atoms with E-state index in [4.69, 9.17) is 4.52 Å². The molecule has 0 fully saturated rings. The van der Waals surface area contributed by atoms with Crippen LogP contribution in [-0.4, -0.2) is 21.0 Å². The molecule has 6 nitrogen and oxygen atoms in total. The van der Waals surface area contributed by atoms with E-state index in [2.05, 4.69) is 20.4 Å². The maximum Gasteiger partial charge on any atom is 0.227 e. The minimum absolute atomic E-state index is 0.0943. The summed E-state index contributed by atoms with van der Waals surface area (Å²) in [6, 6.07) is 11.5. The average molecular weight is 396 g/mol. The number of thiophene rings is 1. The Morgan fingerprint density at radius 3 is 2.70 bits per heavy atom. The van der Waals surface area contributed by atoms with Crippen molar-refractivity contribution in [1.82, 2.24) is 15.1 Å². The SMILES string of the molecule is Cc1nc(-c2ccc(NC(=O)CCc3nc(-c4cccs4)no3)cc2)cs1. The Labute approximate surface area is 163 Å². The summed E-state index contributed by atoms with van der Waals surface area (Å²) in [5.41, 5.74) is 2.73. The Bertz CT molecular complexity index is 1040. The molecule has 0 atom stereocenters. The van der Waals surface area contributed by atoms with Crippen LogP contribution in [0, 0.1) is 6.92 Å². The van der Waals surface area contributed by atoms with Crippen molar-refractivity contribution in [1.29, 1.82) is 0 Å². The fraction of sp³-hybridized carbons (Fsp3) is 0.158. The smallest absolute Gasteiger partial charge is 0.227 e. The first-order chi connectivity index (χ1) is 13.2. The molecular formula is C19H16N4O2S2. The van der Waals surface area contributed by atoms with Crippen molar-refractivity contribution in [3.63, 3.8) is 0 Å². The van der Waals surface area contributed by atoms with E-state index >= 15 is 0 Å². The lowest BCUT2D eigenvalue weighted by Gasteiger charge is -2.05. The van der Waals surface area contributed by atoms with E-state index in [1.165, 1.54) is 0 Å². The van der Waals surface area contributed by atoms with Gasteiger partial charge in [0.25, 0.3) is 0 Å². The van der Waals surface area contributed by atoms with Crippen LogP contribution in [0.15, 0.2) is 51.7 Å². The predicted octanol–water partition coefficient (Wildman–Crippen LogP) is 4.80. The largest absolute Gasteiger partial charge is 0.339 e. The third-order valence-electron chi connectivity index (χ3n) is 3.86. The molecule has 1 amide bonds. The first kappa shape index (κ1) is 17.6. The number of aromatic nitrogens is 3. The standard InChI is InChI=1S/C19H16N4O2S2/c1-12-20-15(11-27-12)13-4-6-14(7-5-13)21-17(24)8-9-18-22-19(23-25-18)16-3-2-10-26-16/h2-7,10-11H,8-9H2,1H3,(H,21,24). The number of carbonyl (C=O) groups is 1. The Hall–Kier alpha value is -2.84. The molecule has 0 bridgehead atoms. The first-order valence-corrected chi connectivity index (χ1v) is 10.1. The molecule has 3 heterocycles. The van der Waals surface area contributed by atoms with Gasteiger partial charge in [-0.15, -0.1) is 22.7 Å². The Morgan fingerprint density at radius 1 is 1.15 bits per heavy atom. The molecular weight excluding hydrogens is 380 g/mol. The van der Waals surface area contributed by atoms with Crippen molar-refractivity contribution in [2.45, 2.75) is 19.8 Å². The lowest BCUT2D eigenvalue weighted by molar-refractivity contribution is -0.116. The highest BCUT2D eigenvalue weighted by atomic mass is 32.1. The molecule has 0 radical (unpaired) electrons. The fourth-order valence-electron chi connectivity index (χ4n) is 2.53. The van der Waals surface area contributed by atoms with Gasteiger partial charge in [0.05, 0.1) is 15.6 Å².